The van der Waals surface area contributed by atoms with Crippen LogP contribution in [0, 0.1) is 0 Å². The Bertz CT molecular complexity index is 487. The molecule has 1 aromatic heterocycles. The second-order valence-corrected chi connectivity index (χ2v) is 7.02. The average molecular weight is 304 g/mol. The van der Waals surface area contributed by atoms with Gasteiger partial charge in [0.15, 0.2) is 0 Å². The molecule has 0 saturated heterocycles. The summed E-state index contributed by atoms with van der Waals surface area (Å²) >= 11 is 0. The normalized spacial score (nSPS) is 20.1. The predicted molar refractivity (Wildman–Crippen MR) is 86.5 cm³/mol. The standard InChI is InChI=1S/C17H28N4O/c1-21(11-15-10-16(20-19-15)13-8-9-13)12-17(22)18-14-6-4-2-3-5-7-14/h10,13-14H,2-9,11-12H2,1H3,(H,18,22)(H,19,20). The molecule has 0 spiro atoms. The lowest BCUT2D eigenvalue weighted by atomic mass is 10.1. The van der Waals surface area contributed by atoms with Crippen molar-refractivity contribution in [1.82, 2.24) is 20.4 Å². The third-order valence-electron chi connectivity index (χ3n) is 4.72. The number of nitrogens with zero attached hydrogens (tertiary/aromatic N) is 2. The highest BCUT2D eigenvalue weighted by molar-refractivity contribution is 5.78. The predicted octanol–water partition coefficient (Wildman–Crippen LogP) is 2.56. The maximum absolute atomic E-state index is 12.2. The number of rotatable bonds is 6. The van der Waals surface area contributed by atoms with Gasteiger partial charge < -0.3 is 5.32 Å². The fourth-order valence-corrected chi connectivity index (χ4v) is 3.34. The minimum absolute atomic E-state index is 0.149. The smallest absolute Gasteiger partial charge is 0.234 e. The van der Waals surface area contributed by atoms with E-state index in [2.05, 4.69) is 26.5 Å². The first kappa shape index (κ1) is 15.5. The van der Waals surface area contributed by atoms with Gasteiger partial charge in [0.05, 0.1) is 12.2 Å². The van der Waals surface area contributed by atoms with E-state index in [1.165, 1.54) is 44.2 Å². The van der Waals surface area contributed by atoms with Crippen molar-refractivity contribution in [2.24, 2.45) is 0 Å². The van der Waals surface area contributed by atoms with Crippen molar-refractivity contribution in [1.29, 1.82) is 0 Å². The molecule has 2 aliphatic rings. The van der Waals surface area contributed by atoms with E-state index in [0.29, 0.717) is 18.5 Å². The molecule has 3 rings (SSSR count). The van der Waals surface area contributed by atoms with Crippen LogP contribution in [-0.2, 0) is 11.3 Å². The Kier molecular flexibility index (Phi) is 5.13. The lowest BCUT2D eigenvalue weighted by Crippen LogP contribution is -2.40. The van der Waals surface area contributed by atoms with Crippen LogP contribution in [0.3, 0.4) is 0 Å². The Balaban J connectivity index is 1.41. The highest BCUT2D eigenvalue weighted by Crippen LogP contribution is 2.39. The zero-order valence-electron chi connectivity index (χ0n) is 13.6. The molecule has 2 N–H and O–H groups in total. The van der Waals surface area contributed by atoms with E-state index in [1.54, 1.807) is 0 Å². The maximum Gasteiger partial charge on any atom is 0.234 e. The van der Waals surface area contributed by atoms with Gasteiger partial charge in [-0.25, -0.2) is 0 Å². The SMILES string of the molecule is CN(CC(=O)NC1CCCCCC1)Cc1cc(C2CC2)n[nH]1. The Labute approximate surface area is 132 Å². The molecule has 0 bridgehead atoms. The van der Waals surface area contributed by atoms with Gasteiger partial charge in [-0.3, -0.25) is 14.8 Å². The number of carbonyl (C=O) groups excluding carboxylic acids is 1. The molecule has 0 aromatic carbocycles. The number of aromatic amines is 1. The molecule has 0 radical (unpaired) electrons. The second-order valence-electron chi connectivity index (χ2n) is 7.02. The van der Waals surface area contributed by atoms with Gasteiger partial charge in [0, 0.05) is 24.2 Å². The minimum atomic E-state index is 0.149. The Morgan fingerprint density at radius 3 is 2.68 bits per heavy atom. The zero-order valence-corrected chi connectivity index (χ0v) is 13.6. The van der Waals surface area contributed by atoms with Crippen molar-refractivity contribution < 1.29 is 4.79 Å². The Hall–Kier alpha value is -1.36. The van der Waals surface area contributed by atoms with Crippen LogP contribution in [0.2, 0.25) is 0 Å². The Morgan fingerprint density at radius 2 is 2.00 bits per heavy atom. The highest BCUT2D eigenvalue weighted by Gasteiger charge is 2.26. The molecule has 1 heterocycles. The molecule has 2 saturated carbocycles. The van der Waals surface area contributed by atoms with Gasteiger partial charge in [0.2, 0.25) is 5.91 Å². The first-order valence-corrected chi connectivity index (χ1v) is 8.73. The summed E-state index contributed by atoms with van der Waals surface area (Å²) in [7, 11) is 1.99. The van der Waals surface area contributed by atoms with E-state index in [4.69, 9.17) is 0 Å². The van der Waals surface area contributed by atoms with Crippen molar-refractivity contribution in [2.45, 2.75) is 69.9 Å². The molecular weight excluding hydrogens is 276 g/mol. The average Bonchev–Trinajstić information content (AvgIpc) is 3.26. The topological polar surface area (TPSA) is 61.0 Å². The fourth-order valence-electron chi connectivity index (χ4n) is 3.34. The van der Waals surface area contributed by atoms with Gasteiger partial charge >= 0.3 is 0 Å². The Morgan fingerprint density at radius 1 is 1.27 bits per heavy atom. The molecule has 0 unspecified atom stereocenters. The van der Waals surface area contributed by atoms with Crippen LogP contribution >= 0.6 is 0 Å². The highest BCUT2D eigenvalue weighted by atomic mass is 16.2. The van der Waals surface area contributed by atoms with Crippen molar-refractivity contribution in [3.8, 4) is 0 Å². The summed E-state index contributed by atoms with van der Waals surface area (Å²) in [5.74, 6) is 0.824. The molecular formula is C17H28N4O. The van der Waals surface area contributed by atoms with Crippen LogP contribution in [0.4, 0.5) is 0 Å². The number of hydrogen-bond acceptors (Lipinski definition) is 3. The minimum Gasteiger partial charge on any atom is -0.352 e. The van der Waals surface area contributed by atoms with E-state index in [0.717, 1.165) is 25.1 Å². The van der Waals surface area contributed by atoms with Crippen LogP contribution in [0.25, 0.3) is 0 Å². The van der Waals surface area contributed by atoms with Crippen LogP contribution in [0.1, 0.15) is 68.7 Å². The van der Waals surface area contributed by atoms with E-state index in [9.17, 15) is 4.79 Å². The van der Waals surface area contributed by atoms with Gasteiger partial charge in [0.1, 0.15) is 0 Å². The van der Waals surface area contributed by atoms with Gasteiger partial charge in [0.25, 0.3) is 0 Å². The molecule has 22 heavy (non-hydrogen) atoms. The maximum atomic E-state index is 12.2. The first-order valence-electron chi connectivity index (χ1n) is 8.73. The summed E-state index contributed by atoms with van der Waals surface area (Å²) in [6, 6.07) is 2.54. The molecule has 5 heteroatoms. The summed E-state index contributed by atoms with van der Waals surface area (Å²) in [6.45, 7) is 1.20. The molecule has 1 amide bonds. The number of amides is 1. The third kappa shape index (κ3) is 4.57. The zero-order chi connectivity index (χ0) is 15.4. The lowest BCUT2D eigenvalue weighted by molar-refractivity contribution is -0.122. The molecule has 122 valence electrons. The van der Waals surface area contributed by atoms with E-state index >= 15 is 0 Å². The van der Waals surface area contributed by atoms with E-state index in [-0.39, 0.29) is 5.91 Å². The van der Waals surface area contributed by atoms with Crippen molar-refractivity contribution in [2.75, 3.05) is 13.6 Å². The van der Waals surface area contributed by atoms with Crippen LogP contribution in [-0.4, -0.2) is 40.6 Å². The second kappa shape index (κ2) is 7.27. The van der Waals surface area contributed by atoms with E-state index < -0.39 is 0 Å². The number of H-pyrrole nitrogens is 1. The summed E-state index contributed by atoms with van der Waals surface area (Å²) in [5, 5.41) is 10.7. The lowest BCUT2D eigenvalue weighted by Gasteiger charge is -2.19. The molecule has 1 aromatic rings. The molecule has 2 aliphatic carbocycles. The largest absolute Gasteiger partial charge is 0.352 e. The summed E-state index contributed by atoms with van der Waals surface area (Å²) in [4.78, 5) is 14.2. The van der Waals surface area contributed by atoms with E-state index in [1.807, 2.05) is 7.05 Å². The van der Waals surface area contributed by atoms with Crippen LogP contribution < -0.4 is 5.32 Å². The van der Waals surface area contributed by atoms with Crippen molar-refractivity contribution in [3.05, 3.63) is 17.5 Å². The number of nitrogens with one attached hydrogen (secondary N) is 2. The number of hydrogen-bond donors (Lipinski definition) is 2. The van der Waals surface area contributed by atoms with Gasteiger partial charge in [-0.1, -0.05) is 25.7 Å². The van der Waals surface area contributed by atoms with Crippen LogP contribution in [0.5, 0.6) is 0 Å². The fraction of sp³-hybridized carbons (Fsp3) is 0.765. The number of likely N-dealkylation sites (N-methyl/N-ethyl adjacent to an activating group) is 1. The summed E-state index contributed by atoms with van der Waals surface area (Å²) < 4.78 is 0. The van der Waals surface area contributed by atoms with Crippen molar-refractivity contribution in [3.63, 3.8) is 0 Å². The molecule has 0 atom stereocenters. The monoisotopic (exact) mass is 304 g/mol. The third-order valence-corrected chi connectivity index (χ3v) is 4.72. The van der Waals surface area contributed by atoms with Crippen molar-refractivity contribution >= 4 is 5.91 Å². The van der Waals surface area contributed by atoms with Gasteiger partial charge in [-0.05, 0) is 38.8 Å². The number of carbonyl (C=O) groups is 1. The summed E-state index contributed by atoms with van der Waals surface area (Å²) in [5.41, 5.74) is 2.29. The van der Waals surface area contributed by atoms with Gasteiger partial charge in [-0.15, -0.1) is 0 Å². The first-order chi connectivity index (χ1) is 10.7. The van der Waals surface area contributed by atoms with Crippen LogP contribution in [0.15, 0.2) is 6.07 Å². The molecule has 2 fully saturated rings. The molecule has 5 nitrogen and oxygen atoms in total. The quantitative estimate of drug-likeness (QED) is 0.794. The molecule has 0 aliphatic heterocycles. The summed E-state index contributed by atoms with van der Waals surface area (Å²) in [6.07, 6.45) is 9.94. The number of aromatic nitrogens is 2. The van der Waals surface area contributed by atoms with Gasteiger partial charge in [-0.2, -0.15) is 5.10 Å².